The molecule has 11 aromatic carbocycles. The normalized spacial score (nSPS) is 13.2. The van der Waals surface area contributed by atoms with Crippen LogP contribution in [0.4, 0.5) is 0 Å². The molecule has 2 aliphatic rings. The van der Waals surface area contributed by atoms with Crippen LogP contribution in [0.25, 0.3) is 145 Å². The van der Waals surface area contributed by atoms with Crippen molar-refractivity contribution in [3.8, 4) is 134 Å². The maximum Gasteiger partial charge on any atom is 0.160 e. The first kappa shape index (κ1) is 52.6. The zero-order valence-electron chi connectivity index (χ0n) is 49.5. The zero-order valence-corrected chi connectivity index (χ0v) is 49.5. The van der Waals surface area contributed by atoms with Crippen LogP contribution in [0.2, 0.25) is 0 Å². The van der Waals surface area contributed by atoms with Gasteiger partial charge in [-0.3, -0.25) is 0 Å². The van der Waals surface area contributed by atoms with Gasteiger partial charge in [0.1, 0.15) is 0 Å². The molecule has 0 aliphatic heterocycles. The molecule has 0 saturated carbocycles. The van der Waals surface area contributed by atoms with Crippen molar-refractivity contribution in [3.63, 3.8) is 0 Å². The van der Waals surface area contributed by atoms with Gasteiger partial charge in [-0.15, -0.1) is 0 Å². The Kier molecular flexibility index (Phi) is 12.5. The maximum atomic E-state index is 5.74. The third kappa shape index (κ3) is 9.07. The van der Waals surface area contributed by atoms with Crippen molar-refractivity contribution >= 4 is 10.9 Å². The van der Waals surface area contributed by atoms with Crippen LogP contribution in [0.5, 0.6) is 0 Å². The second kappa shape index (κ2) is 20.9. The van der Waals surface area contributed by atoms with Gasteiger partial charge in [0.05, 0.1) is 34.0 Å². The van der Waals surface area contributed by atoms with Crippen LogP contribution < -0.4 is 0 Å². The van der Waals surface area contributed by atoms with Gasteiger partial charge in [0.25, 0.3) is 0 Å². The smallest absolute Gasteiger partial charge is 0.160 e. The van der Waals surface area contributed by atoms with Crippen LogP contribution in [-0.4, -0.2) is 19.9 Å². The summed E-state index contributed by atoms with van der Waals surface area (Å²) in [4.78, 5) is 22.0. The van der Waals surface area contributed by atoms with E-state index in [-0.39, 0.29) is 10.8 Å². The van der Waals surface area contributed by atoms with E-state index in [1.807, 2.05) is 6.07 Å². The molecule has 2 aliphatic carbocycles. The Bertz CT molecular complexity index is 4920. The van der Waals surface area contributed by atoms with Crippen molar-refractivity contribution < 1.29 is 0 Å². The highest BCUT2D eigenvalue weighted by atomic mass is 14.9. The Morgan fingerprint density at radius 2 is 0.568 bits per heavy atom. The number of rotatable bonds is 10. The van der Waals surface area contributed by atoms with Crippen molar-refractivity contribution in [2.45, 2.75) is 38.5 Å². The van der Waals surface area contributed by atoms with Crippen LogP contribution >= 0.6 is 0 Å². The highest BCUT2D eigenvalue weighted by Gasteiger charge is 2.37. The van der Waals surface area contributed by atoms with E-state index >= 15 is 0 Å². The minimum atomic E-state index is -0.208. The highest BCUT2D eigenvalue weighted by molar-refractivity contribution is 6.05. The number of aromatic nitrogens is 4. The lowest BCUT2D eigenvalue weighted by atomic mass is 9.81. The molecule has 0 saturated heterocycles. The van der Waals surface area contributed by atoms with Gasteiger partial charge >= 0.3 is 0 Å². The molecule has 0 fully saturated rings. The Morgan fingerprint density at radius 3 is 1.07 bits per heavy atom. The summed E-state index contributed by atoms with van der Waals surface area (Å²) in [5, 5.41) is 0.976. The van der Waals surface area contributed by atoms with Crippen LogP contribution in [0, 0.1) is 0 Å². The number of benzene rings is 11. The number of fused-ring (bicyclic) bond motifs is 7. The summed E-state index contributed by atoms with van der Waals surface area (Å²) < 4.78 is 0. The summed E-state index contributed by atoms with van der Waals surface area (Å²) in [6.07, 6.45) is 0. The van der Waals surface area contributed by atoms with E-state index in [0.29, 0.717) is 5.82 Å². The number of pyridine rings is 2. The van der Waals surface area contributed by atoms with E-state index in [1.54, 1.807) is 0 Å². The molecule has 14 aromatic rings. The zero-order chi connectivity index (χ0) is 59.1. The average molecular weight is 1130 g/mol. The molecule has 3 heterocycles. The molecule has 0 spiro atoms. The fourth-order valence-electron chi connectivity index (χ4n) is 13.8. The summed E-state index contributed by atoms with van der Waals surface area (Å²) in [6, 6.07) is 105. The monoisotopic (exact) mass is 1120 g/mol. The molecule has 4 heteroatoms. The van der Waals surface area contributed by atoms with Crippen molar-refractivity contribution in [2.24, 2.45) is 0 Å². The van der Waals surface area contributed by atoms with E-state index in [1.165, 1.54) is 44.5 Å². The van der Waals surface area contributed by atoms with Gasteiger partial charge in [0.2, 0.25) is 0 Å². The van der Waals surface area contributed by atoms with E-state index < -0.39 is 0 Å². The molecule has 0 N–H and O–H groups in total. The largest absolute Gasteiger partial charge is 0.248 e. The minimum Gasteiger partial charge on any atom is -0.248 e. The number of hydrogen-bond acceptors (Lipinski definition) is 4. The predicted octanol–water partition coefficient (Wildman–Crippen LogP) is 21.7. The molecular formula is C84H60N4. The van der Waals surface area contributed by atoms with Gasteiger partial charge in [0.15, 0.2) is 5.82 Å². The Balaban J connectivity index is 0.900. The fraction of sp³-hybridized carbons (Fsp3) is 0.0714. The van der Waals surface area contributed by atoms with Crippen molar-refractivity contribution in [1.82, 2.24) is 19.9 Å². The SMILES string of the molecule is CC1(C)c2ccccc2-c2ccc(-c3cc(-c4ccc5c(c4)C(C)(C)c4ccccc4-5)c4nc(-c5ccc(-c6cc(-c7ccccc7)cc(-c7ccccc7)n6)cc5)nc(-c5ccc(-c6cc(-c7ccccc7)nc(-c7ccccc7)c6)cc5)c4c3)cc21. The van der Waals surface area contributed by atoms with Crippen LogP contribution in [-0.2, 0) is 10.8 Å². The van der Waals surface area contributed by atoms with Gasteiger partial charge in [-0.25, -0.2) is 19.9 Å². The summed E-state index contributed by atoms with van der Waals surface area (Å²) in [6.45, 7) is 9.44. The first-order valence-electron chi connectivity index (χ1n) is 30.4. The minimum absolute atomic E-state index is 0.174. The topological polar surface area (TPSA) is 51.6 Å². The maximum absolute atomic E-state index is 5.74. The average Bonchev–Trinajstić information content (AvgIpc) is 1.56. The van der Waals surface area contributed by atoms with E-state index in [4.69, 9.17) is 19.9 Å². The molecule has 0 atom stereocenters. The standard InChI is InChI=1S/C84H60N4/c1-83(2)72-31-19-17-29-66(72)68-43-41-61(47-74(68)83)63-45-70(62-42-44-69-67-30-18-20-32-73(67)84(3,4)75(69)48-62)81-71(46-63)80(59-37-33-54(34-38-59)65-51-77(56-25-13-7-14-26-56)85-78(52-65)57-27-15-8-16-28-57)87-82(88-81)60-39-35-58(36-40-60)79-50-64(53-21-9-5-10-22-53)49-76(86-79)55-23-11-6-12-24-55/h5-52H,1-4H3. The summed E-state index contributed by atoms with van der Waals surface area (Å²) in [5.74, 6) is 0.642. The van der Waals surface area contributed by atoms with Crippen LogP contribution in [0.3, 0.4) is 0 Å². The fourth-order valence-corrected chi connectivity index (χ4v) is 13.8. The van der Waals surface area contributed by atoms with Gasteiger partial charge in [-0.1, -0.05) is 270 Å². The molecule has 4 nitrogen and oxygen atoms in total. The molecular weight excluding hydrogens is 1060 g/mol. The van der Waals surface area contributed by atoms with Crippen molar-refractivity contribution in [1.29, 1.82) is 0 Å². The Hall–Kier alpha value is -10.9. The predicted molar refractivity (Wildman–Crippen MR) is 365 cm³/mol. The highest BCUT2D eigenvalue weighted by Crippen LogP contribution is 2.52. The lowest BCUT2D eigenvalue weighted by Gasteiger charge is -2.23. The van der Waals surface area contributed by atoms with E-state index in [0.717, 1.165) is 117 Å². The van der Waals surface area contributed by atoms with Gasteiger partial charge < -0.3 is 0 Å². The third-order valence-corrected chi connectivity index (χ3v) is 18.5. The molecule has 0 unspecified atom stereocenters. The summed E-state index contributed by atoms with van der Waals surface area (Å²) >= 11 is 0. The Morgan fingerprint density at radius 1 is 0.216 bits per heavy atom. The number of hydrogen-bond donors (Lipinski definition) is 0. The summed E-state index contributed by atoms with van der Waals surface area (Å²) in [5.41, 5.74) is 30.5. The Labute approximate surface area is 514 Å². The molecule has 0 radical (unpaired) electrons. The molecule has 0 amide bonds. The van der Waals surface area contributed by atoms with E-state index in [2.05, 4.69) is 313 Å². The van der Waals surface area contributed by atoms with Crippen molar-refractivity contribution in [3.05, 3.63) is 313 Å². The molecule has 0 bridgehead atoms. The van der Waals surface area contributed by atoms with Gasteiger partial charge in [0, 0.05) is 55.2 Å². The first-order chi connectivity index (χ1) is 43.1. The second-order valence-corrected chi connectivity index (χ2v) is 24.5. The lowest BCUT2D eigenvalue weighted by molar-refractivity contribution is 0.660. The number of nitrogens with zero attached hydrogens (tertiary/aromatic N) is 4. The lowest BCUT2D eigenvalue weighted by Crippen LogP contribution is -2.15. The molecule has 16 rings (SSSR count). The van der Waals surface area contributed by atoms with Crippen LogP contribution in [0.15, 0.2) is 291 Å². The van der Waals surface area contributed by atoms with E-state index in [9.17, 15) is 0 Å². The molecule has 3 aromatic heterocycles. The van der Waals surface area contributed by atoms with Gasteiger partial charge in [-0.05, 0) is 132 Å². The molecule has 416 valence electrons. The quantitative estimate of drug-likeness (QED) is 0.137. The van der Waals surface area contributed by atoms with Crippen molar-refractivity contribution in [2.75, 3.05) is 0 Å². The first-order valence-corrected chi connectivity index (χ1v) is 30.4. The summed E-state index contributed by atoms with van der Waals surface area (Å²) in [7, 11) is 0. The van der Waals surface area contributed by atoms with Gasteiger partial charge in [-0.2, -0.15) is 0 Å². The third-order valence-electron chi connectivity index (χ3n) is 18.5. The molecule has 88 heavy (non-hydrogen) atoms. The second-order valence-electron chi connectivity index (χ2n) is 24.5. The van der Waals surface area contributed by atoms with Crippen LogP contribution in [0.1, 0.15) is 49.9 Å².